The first-order chi connectivity index (χ1) is 8.04. The second-order valence-corrected chi connectivity index (χ2v) is 5.33. The van der Waals surface area contributed by atoms with Crippen LogP contribution in [0.25, 0.3) is 0 Å². The fraction of sp³-hybridized carbons (Fsp3) is 0.923. The molecule has 1 aliphatic carbocycles. The number of aliphatic carboxylic acids is 1. The lowest BCUT2D eigenvalue weighted by molar-refractivity contribution is -0.139. The van der Waals surface area contributed by atoms with E-state index < -0.39 is 5.97 Å². The zero-order valence-electron chi connectivity index (χ0n) is 11.4. The average Bonchev–Trinajstić information content (AvgIpc) is 2.71. The molecule has 2 atom stereocenters. The van der Waals surface area contributed by atoms with Gasteiger partial charge in [0, 0.05) is 19.1 Å². The summed E-state index contributed by atoms with van der Waals surface area (Å²) < 4.78 is 0. The highest BCUT2D eigenvalue weighted by Crippen LogP contribution is 2.31. The van der Waals surface area contributed by atoms with Crippen molar-refractivity contribution in [3.05, 3.63) is 0 Å². The molecule has 0 bridgehead atoms. The first-order valence-corrected chi connectivity index (χ1v) is 6.65. The Bertz CT molecular complexity index is 244. The molecule has 0 aliphatic heterocycles. The monoisotopic (exact) mass is 242 g/mol. The Labute approximate surface area is 105 Å². The van der Waals surface area contributed by atoms with Crippen molar-refractivity contribution in [2.24, 2.45) is 5.92 Å². The number of carboxylic acid groups (broad SMARTS) is 1. The first-order valence-electron chi connectivity index (χ1n) is 6.65. The smallest absolute Gasteiger partial charge is 0.317 e. The molecule has 0 saturated heterocycles. The Hall–Kier alpha value is -0.610. The second-order valence-electron chi connectivity index (χ2n) is 5.33. The van der Waals surface area contributed by atoms with Gasteiger partial charge in [0.1, 0.15) is 0 Å². The van der Waals surface area contributed by atoms with Gasteiger partial charge in [-0.15, -0.1) is 0 Å². The van der Waals surface area contributed by atoms with Crippen molar-refractivity contribution in [1.82, 2.24) is 9.80 Å². The average molecular weight is 242 g/mol. The standard InChI is InChI=1S/C13H26N2O2/c1-4-11-6-5-7-12(11)15(10-13(16)17)9-8-14(2)3/h11-12H,4-10H2,1-3H3,(H,16,17). The van der Waals surface area contributed by atoms with E-state index in [0.717, 1.165) is 13.1 Å². The van der Waals surface area contributed by atoms with Crippen molar-refractivity contribution in [2.75, 3.05) is 33.7 Å². The van der Waals surface area contributed by atoms with Crippen molar-refractivity contribution in [3.8, 4) is 0 Å². The maximum absolute atomic E-state index is 11.0. The Balaban J connectivity index is 2.57. The van der Waals surface area contributed by atoms with Gasteiger partial charge < -0.3 is 10.0 Å². The van der Waals surface area contributed by atoms with Crippen LogP contribution in [0.1, 0.15) is 32.6 Å². The largest absolute Gasteiger partial charge is 0.480 e. The predicted octanol–water partition coefficient (Wildman–Crippen LogP) is 1.51. The summed E-state index contributed by atoms with van der Waals surface area (Å²) in [6.45, 7) is 4.20. The van der Waals surface area contributed by atoms with Crippen molar-refractivity contribution in [3.63, 3.8) is 0 Å². The van der Waals surface area contributed by atoms with Crippen LogP contribution < -0.4 is 0 Å². The highest BCUT2D eigenvalue weighted by atomic mass is 16.4. The van der Waals surface area contributed by atoms with Crippen LogP contribution in [0.2, 0.25) is 0 Å². The Morgan fingerprint density at radius 1 is 1.29 bits per heavy atom. The van der Waals surface area contributed by atoms with Crippen LogP contribution >= 0.6 is 0 Å². The minimum Gasteiger partial charge on any atom is -0.480 e. The molecule has 2 unspecified atom stereocenters. The van der Waals surface area contributed by atoms with E-state index in [2.05, 4.69) is 16.7 Å². The molecular formula is C13H26N2O2. The predicted molar refractivity (Wildman–Crippen MR) is 69.2 cm³/mol. The molecule has 0 heterocycles. The third-order valence-electron chi connectivity index (χ3n) is 3.79. The first kappa shape index (κ1) is 14.5. The lowest BCUT2D eigenvalue weighted by atomic mass is 9.99. The van der Waals surface area contributed by atoms with Gasteiger partial charge >= 0.3 is 5.97 Å². The van der Waals surface area contributed by atoms with Crippen molar-refractivity contribution < 1.29 is 9.90 Å². The molecule has 0 aromatic rings. The van der Waals surface area contributed by atoms with E-state index in [-0.39, 0.29) is 6.54 Å². The van der Waals surface area contributed by atoms with Gasteiger partial charge in [-0.2, -0.15) is 0 Å². The Morgan fingerprint density at radius 2 is 2.00 bits per heavy atom. The van der Waals surface area contributed by atoms with E-state index in [1.807, 2.05) is 14.1 Å². The SMILES string of the molecule is CCC1CCCC1N(CCN(C)C)CC(=O)O. The van der Waals surface area contributed by atoms with E-state index >= 15 is 0 Å². The van der Waals surface area contributed by atoms with Gasteiger partial charge in [0.15, 0.2) is 0 Å². The summed E-state index contributed by atoms with van der Waals surface area (Å²) >= 11 is 0. The summed E-state index contributed by atoms with van der Waals surface area (Å²) in [6.07, 6.45) is 4.85. The number of carboxylic acids is 1. The Kier molecular flexibility index (Phi) is 5.92. The van der Waals surface area contributed by atoms with Crippen molar-refractivity contribution in [1.29, 1.82) is 0 Å². The minimum atomic E-state index is -0.703. The zero-order valence-corrected chi connectivity index (χ0v) is 11.4. The van der Waals surface area contributed by atoms with Crippen LogP contribution in [0.3, 0.4) is 0 Å². The number of rotatable bonds is 7. The molecule has 1 saturated carbocycles. The molecule has 1 rings (SSSR count). The van der Waals surface area contributed by atoms with Crippen LogP contribution in [-0.2, 0) is 4.79 Å². The summed E-state index contributed by atoms with van der Waals surface area (Å²) in [5.74, 6) is -0.0120. The summed E-state index contributed by atoms with van der Waals surface area (Å²) in [5, 5.41) is 9.01. The second kappa shape index (κ2) is 6.97. The molecule has 0 amide bonds. The molecule has 100 valence electrons. The maximum Gasteiger partial charge on any atom is 0.317 e. The van der Waals surface area contributed by atoms with E-state index in [1.54, 1.807) is 0 Å². The van der Waals surface area contributed by atoms with E-state index in [1.165, 1.54) is 25.7 Å². The lowest BCUT2D eigenvalue weighted by Gasteiger charge is -2.32. The number of hydrogen-bond donors (Lipinski definition) is 1. The van der Waals surface area contributed by atoms with Gasteiger partial charge in [0.2, 0.25) is 0 Å². The number of likely N-dealkylation sites (N-methyl/N-ethyl adjacent to an activating group) is 1. The number of carbonyl (C=O) groups is 1. The van der Waals surface area contributed by atoms with Gasteiger partial charge in [-0.05, 0) is 32.9 Å². The number of hydrogen-bond acceptors (Lipinski definition) is 3. The van der Waals surface area contributed by atoms with Crippen LogP contribution in [0.5, 0.6) is 0 Å². The Morgan fingerprint density at radius 3 is 2.53 bits per heavy atom. The van der Waals surface area contributed by atoms with Crippen LogP contribution in [0.4, 0.5) is 0 Å². The molecule has 17 heavy (non-hydrogen) atoms. The highest BCUT2D eigenvalue weighted by molar-refractivity contribution is 5.69. The van der Waals surface area contributed by atoms with Gasteiger partial charge in [0.25, 0.3) is 0 Å². The van der Waals surface area contributed by atoms with Gasteiger partial charge in [-0.3, -0.25) is 9.69 Å². The van der Waals surface area contributed by atoms with Crippen LogP contribution in [0, 0.1) is 5.92 Å². The van der Waals surface area contributed by atoms with Crippen molar-refractivity contribution >= 4 is 5.97 Å². The van der Waals surface area contributed by atoms with Gasteiger partial charge in [-0.1, -0.05) is 19.8 Å². The molecule has 4 nitrogen and oxygen atoms in total. The van der Waals surface area contributed by atoms with E-state index in [4.69, 9.17) is 5.11 Å². The fourth-order valence-corrected chi connectivity index (χ4v) is 2.84. The summed E-state index contributed by atoms with van der Waals surface area (Å²) in [6, 6.07) is 0.482. The van der Waals surface area contributed by atoms with Crippen molar-refractivity contribution in [2.45, 2.75) is 38.6 Å². The molecule has 0 aromatic heterocycles. The molecule has 1 fully saturated rings. The fourth-order valence-electron chi connectivity index (χ4n) is 2.84. The van der Waals surface area contributed by atoms with E-state index in [9.17, 15) is 4.79 Å². The summed E-state index contributed by atoms with van der Waals surface area (Å²) in [7, 11) is 4.07. The maximum atomic E-state index is 11.0. The molecule has 1 N–H and O–H groups in total. The van der Waals surface area contributed by atoms with E-state index in [0.29, 0.717) is 12.0 Å². The lowest BCUT2D eigenvalue weighted by Crippen LogP contribution is -2.44. The number of nitrogens with zero attached hydrogens (tertiary/aromatic N) is 2. The molecule has 1 aliphatic rings. The summed E-state index contributed by atoms with van der Waals surface area (Å²) in [4.78, 5) is 15.2. The quantitative estimate of drug-likeness (QED) is 0.735. The summed E-state index contributed by atoms with van der Waals surface area (Å²) in [5.41, 5.74) is 0. The zero-order chi connectivity index (χ0) is 12.8. The molecule has 0 spiro atoms. The normalized spacial score (nSPS) is 24.8. The van der Waals surface area contributed by atoms with Crippen LogP contribution in [0.15, 0.2) is 0 Å². The minimum absolute atomic E-state index is 0.189. The van der Waals surface area contributed by atoms with Gasteiger partial charge in [0.05, 0.1) is 6.54 Å². The topological polar surface area (TPSA) is 43.8 Å². The molecule has 4 heteroatoms. The third-order valence-corrected chi connectivity index (χ3v) is 3.79. The third kappa shape index (κ3) is 4.64. The van der Waals surface area contributed by atoms with Gasteiger partial charge in [-0.25, -0.2) is 0 Å². The molecular weight excluding hydrogens is 216 g/mol. The molecule has 0 radical (unpaired) electrons. The highest BCUT2D eigenvalue weighted by Gasteiger charge is 2.31. The molecule has 0 aromatic carbocycles. The van der Waals surface area contributed by atoms with Crippen LogP contribution in [-0.4, -0.2) is 60.6 Å².